The van der Waals surface area contributed by atoms with Crippen LogP contribution >= 0.6 is 0 Å². The number of hydrogen-bond acceptors (Lipinski definition) is 4. The van der Waals surface area contributed by atoms with Crippen LogP contribution in [0.5, 0.6) is 0 Å². The van der Waals surface area contributed by atoms with Gasteiger partial charge in [0.15, 0.2) is 5.82 Å². The van der Waals surface area contributed by atoms with Crippen molar-refractivity contribution < 1.29 is 9.50 Å². The minimum Gasteiger partial charge on any atom is -0.396 e. The van der Waals surface area contributed by atoms with E-state index in [4.69, 9.17) is 5.11 Å². The summed E-state index contributed by atoms with van der Waals surface area (Å²) in [5, 5.41) is 11.8. The second-order valence-corrected chi connectivity index (χ2v) is 3.71. The van der Waals surface area contributed by atoms with Gasteiger partial charge >= 0.3 is 0 Å². The van der Waals surface area contributed by atoms with Gasteiger partial charge in [0.1, 0.15) is 0 Å². The van der Waals surface area contributed by atoms with Gasteiger partial charge in [-0.2, -0.15) is 0 Å². The maximum atomic E-state index is 12.5. The quantitative estimate of drug-likeness (QED) is 0.764. The SMILES string of the molecule is CC(C)(CCO)Nc1ncc(F)cn1. The molecule has 0 bridgehead atoms. The molecule has 2 N–H and O–H groups in total. The molecule has 0 unspecified atom stereocenters. The summed E-state index contributed by atoms with van der Waals surface area (Å²) in [6.45, 7) is 3.91. The number of anilines is 1. The van der Waals surface area contributed by atoms with Crippen molar-refractivity contribution in [1.82, 2.24) is 9.97 Å². The van der Waals surface area contributed by atoms with E-state index < -0.39 is 5.82 Å². The number of aliphatic hydroxyl groups is 1. The Kier molecular flexibility index (Phi) is 3.35. The lowest BCUT2D eigenvalue weighted by molar-refractivity contribution is 0.260. The maximum absolute atomic E-state index is 12.5. The number of halogens is 1. The average Bonchev–Trinajstić information content (AvgIpc) is 2.08. The van der Waals surface area contributed by atoms with Crippen molar-refractivity contribution in [2.24, 2.45) is 0 Å². The largest absolute Gasteiger partial charge is 0.396 e. The van der Waals surface area contributed by atoms with Gasteiger partial charge in [-0.05, 0) is 20.3 Å². The van der Waals surface area contributed by atoms with Gasteiger partial charge in [-0.15, -0.1) is 0 Å². The normalized spacial score (nSPS) is 11.4. The van der Waals surface area contributed by atoms with Crippen LogP contribution in [0.4, 0.5) is 10.3 Å². The molecule has 0 aliphatic heterocycles. The molecular formula is C9H14FN3O. The molecule has 1 rings (SSSR count). The molecule has 1 aromatic rings. The molecule has 0 saturated heterocycles. The van der Waals surface area contributed by atoms with E-state index >= 15 is 0 Å². The highest BCUT2D eigenvalue weighted by Crippen LogP contribution is 2.13. The molecule has 5 heteroatoms. The van der Waals surface area contributed by atoms with Gasteiger partial charge in [0.05, 0.1) is 12.4 Å². The molecule has 0 radical (unpaired) electrons. The Labute approximate surface area is 82.2 Å². The summed E-state index contributed by atoms with van der Waals surface area (Å²) in [4.78, 5) is 7.53. The number of nitrogens with one attached hydrogen (secondary N) is 1. The fourth-order valence-electron chi connectivity index (χ4n) is 1.02. The lowest BCUT2D eigenvalue weighted by atomic mass is 10.0. The van der Waals surface area contributed by atoms with Crippen LogP contribution in [0.1, 0.15) is 20.3 Å². The molecule has 78 valence electrons. The highest BCUT2D eigenvalue weighted by Gasteiger charge is 2.17. The van der Waals surface area contributed by atoms with Gasteiger partial charge in [-0.25, -0.2) is 14.4 Å². The summed E-state index contributed by atoms with van der Waals surface area (Å²) in [6.07, 6.45) is 2.78. The summed E-state index contributed by atoms with van der Waals surface area (Å²) in [7, 11) is 0. The predicted octanol–water partition coefficient (Wildman–Crippen LogP) is 1.19. The topological polar surface area (TPSA) is 58.0 Å². The second-order valence-electron chi connectivity index (χ2n) is 3.71. The monoisotopic (exact) mass is 199 g/mol. The smallest absolute Gasteiger partial charge is 0.223 e. The van der Waals surface area contributed by atoms with E-state index in [-0.39, 0.29) is 12.1 Å². The molecule has 0 atom stereocenters. The Morgan fingerprint density at radius 2 is 2.00 bits per heavy atom. The van der Waals surface area contributed by atoms with Crippen molar-refractivity contribution in [3.63, 3.8) is 0 Å². The summed E-state index contributed by atoms with van der Waals surface area (Å²) in [5.74, 6) is -0.0969. The van der Waals surface area contributed by atoms with E-state index in [2.05, 4.69) is 15.3 Å². The van der Waals surface area contributed by atoms with Gasteiger partial charge in [0.2, 0.25) is 5.95 Å². The molecule has 1 aromatic heterocycles. The van der Waals surface area contributed by atoms with E-state index in [1.165, 1.54) is 0 Å². The van der Waals surface area contributed by atoms with E-state index in [1.807, 2.05) is 13.8 Å². The summed E-state index contributed by atoms with van der Waals surface area (Å²) >= 11 is 0. The van der Waals surface area contributed by atoms with Crippen LogP contribution in [0.2, 0.25) is 0 Å². The molecule has 4 nitrogen and oxygen atoms in total. The van der Waals surface area contributed by atoms with E-state index in [0.717, 1.165) is 12.4 Å². The van der Waals surface area contributed by atoms with Gasteiger partial charge in [0, 0.05) is 12.1 Å². The molecule has 0 saturated carbocycles. The first kappa shape index (κ1) is 10.8. The van der Waals surface area contributed by atoms with Crippen molar-refractivity contribution in [1.29, 1.82) is 0 Å². The van der Waals surface area contributed by atoms with E-state index in [9.17, 15) is 4.39 Å². The second kappa shape index (κ2) is 4.32. The lowest BCUT2D eigenvalue weighted by Gasteiger charge is -2.24. The molecule has 0 aromatic carbocycles. The number of aliphatic hydroxyl groups excluding tert-OH is 1. The molecule has 0 aliphatic carbocycles. The summed E-state index contributed by atoms with van der Waals surface area (Å²) in [6, 6.07) is 0. The first-order chi connectivity index (χ1) is 6.53. The first-order valence-corrected chi connectivity index (χ1v) is 4.40. The highest BCUT2D eigenvalue weighted by molar-refractivity contribution is 5.26. The fraction of sp³-hybridized carbons (Fsp3) is 0.556. The minimum absolute atomic E-state index is 0.0845. The third-order valence-electron chi connectivity index (χ3n) is 1.81. The third kappa shape index (κ3) is 3.26. The summed E-state index contributed by atoms with van der Waals surface area (Å²) in [5.41, 5.74) is -0.299. The molecular weight excluding hydrogens is 185 g/mol. The fourth-order valence-corrected chi connectivity index (χ4v) is 1.02. The third-order valence-corrected chi connectivity index (χ3v) is 1.81. The van der Waals surface area contributed by atoms with Gasteiger partial charge < -0.3 is 10.4 Å². The number of nitrogens with zero attached hydrogens (tertiary/aromatic N) is 2. The Hall–Kier alpha value is -1.23. The zero-order valence-electron chi connectivity index (χ0n) is 8.29. The van der Waals surface area contributed by atoms with Crippen molar-refractivity contribution in [2.45, 2.75) is 25.8 Å². The highest BCUT2D eigenvalue weighted by atomic mass is 19.1. The standard InChI is InChI=1S/C9H14FN3O/c1-9(2,3-4-14)13-8-11-5-7(10)6-12-8/h5-6,14H,3-4H2,1-2H3,(H,11,12,13). The van der Waals surface area contributed by atoms with Gasteiger partial charge in [-0.1, -0.05) is 0 Å². The lowest BCUT2D eigenvalue weighted by Crippen LogP contribution is -2.32. The van der Waals surface area contributed by atoms with Crippen LogP contribution in [-0.2, 0) is 0 Å². The van der Waals surface area contributed by atoms with Crippen LogP contribution < -0.4 is 5.32 Å². The molecule has 0 amide bonds. The molecule has 1 heterocycles. The maximum Gasteiger partial charge on any atom is 0.223 e. The van der Waals surface area contributed by atoms with Crippen LogP contribution in [-0.4, -0.2) is 27.2 Å². The van der Waals surface area contributed by atoms with Gasteiger partial charge in [-0.3, -0.25) is 0 Å². The van der Waals surface area contributed by atoms with E-state index in [0.29, 0.717) is 12.4 Å². The van der Waals surface area contributed by atoms with Crippen LogP contribution in [0.15, 0.2) is 12.4 Å². The average molecular weight is 199 g/mol. The number of aromatic nitrogens is 2. The summed E-state index contributed by atoms with van der Waals surface area (Å²) < 4.78 is 12.5. The molecule has 0 spiro atoms. The van der Waals surface area contributed by atoms with Crippen molar-refractivity contribution in [3.8, 4) is 0 Å². The number of rotatable bonds is 4. The van der Waals surface area contributed by atoms with Crippen molar-refractivity contribution in [3.05, 3.63) is 18.2 Å². The Bertz CT molecular complexity index is 287. The molecule has 0 aliphatic rings. The Morgan fingerprint density at radius 1 is 1.43 bits per heavy atom. The molecule has 14 heavy (non-hydrogen) atoms. The van der Waals surface area contributed by atoms with E-state index in [1.54, 1.807) is 0 Å². The Balaban J connectivity index is 2.64. The van der Waals surface area contributed by atoms with Gasteiger partial charge in [0.25, 0.3) is 0 Å². The van der Waals surface area contributed by atoms with Crippen LogP contribution in [0, 0.1) is 5.82 Å². The predicted molar refractivity (Wildman–Crippen MR) is 51.4 cm³/mol. The van der Waals surface area contributed by atoms with Crippen LogP contribution in [0.25, 0.3) is 0 Å². The number of hydrogen-bond donors (Lipinski definition) is 2. The Morgan fingerprint density at radius 3 is 2.50 bits per heavy atom. The van der Waals surface area contributed by atoms with Crippen molar-refractivity contribution in [2.75, 3.05) is 11.9 Å². The minimum atomic E-state index is -0.462. The first-order valence-electron chi connectivity index (χ1n) is 4.40. The zero-order chi connectivity index (χ0) is 10.6. The molecule has 0 fully saturated rings. The van der Waals surface area contributed by atoms with Crippen molar-refractivity contribution >= 4 is 5.95 Å². The van der Waals surface area contributed by atoms with Crippen LogP contribution in [0.3, 0.4) is 0 Å². The zero-order valence-corrected chi connectivity index (χ0v) is 8.29.